The summed E-state index contributed by atoms with van der Waals surface area (Å²) in [7, 11) is 1.38. The van der Waals surface area contributed by atoms with Gasteiger partial charge in [-0.25, -0.2) is 4.79 Å². The Morgan fingerprint density at radius 3 is 3.00 bits per heavy atom. The standard InChI is InChI=1S/C13H17NO3/c1-16-13(15)11-4-2-3-5-12(11)17-9-10-6-7-14-8-10/h2-5,10,14H,6-9H2,1H3/t10-/m1/s1. The summed E-state index contributed by atoms with van der Waals surface area (Å²) in [6.45, 7) is 2.67. The number of hydrogen-bond acceptors (Lipinski definition) is 4. The van der Waals surface area contributed by atoms with Crippen LogP contribution in [0.2, 0.25) is 0 Å². The largest absolute Gasteiger partial charge is 0.492 e. The van der Waals surface area contributed by atoms with E-state index in [2.05, 4.69) is 5.32 Å². The van der Waals surface area contributed by atoms with E-state index in [1.807, 2.05) is 6.07 Å². The fourth-order valence-electron chi connectivity index (χ4n) is 1.94. The summed E-state index contributed by atoms with van der Waals surface area (Å²) >= 11 is 0. The van der Waals surface area contributed by atoms with Gasteiger partial charge in [0, 0.05) is 12.5 Å². The highest BCUT2D eigenvalue weighted by molar-refractivity contribution is 5.92. The molecule has 4 heteroatoms. The van der Waals surface area contributed by atoms with Gasteiger partial charge < -0.3 is 14.8 Å². The predicted molar refractivity (Wildman–Crippen MR) is 64.3 cm³/mol. The van der Waals surface area contributed by atoms with Crippen molar-refractivity contribution in [3.63, 3.8) is 0 Å². The van der Waals surface area contributed by atoms with Crippen LogP contribution >= 0.6 is 0 Å². The van der Waals surface area contributed by atoms with E-state index in [0.29, 0.717) is 23.8 Å². The minimum atomic E-state index is -0.356. The maximum Gasteiger partial charge on any atom is 0.341 e. The quantitative estimate of drug-likeness (QED) is 0.803. The molecule has 0 amide bonds. The molecule has 1 aliphatic rings. The van der Waals surface area contributed by atoms with Crippen LogP contribution in [0.25, 0.3) is 0 Å². The molecule has 0 aliphatic carbocycles. The topological polar surface area (TPSA) is 47.6 Å². The van der Waals surface area contributed by atoms with Crippen molar-refractivity contribution in [1.82, 2.24) is 5.32 Å². The summed E-state index contributed by atoms with van der Waals surface area (Å²) in [5.74, 6) is 0.775. The number of carbonyl (C=O) groups excluding carboxylic acids is 1. The highest BCUT2D eigenvalue weighted by atomic mass is 16.5. The number of esters is 1. The molecule has 1 aromatic rings. The molecule has 0 unspecified atom stereocenters. The zero-order chi connectivity index (χ0) is 12.1. The van der Waals surface area contributed by atoms with E-state index < -0.39 is 0 Å². The van der Waals surface area contributed by atoms with Crippen LogP contribution < -0.4 is 10.1 Å². The van der Waals surface area contributed by atoms with Gasteiger partial charge in [0.05, 0.1) is 13.7 Å². The molecule has 0 saturated carbocycles. The second kappa shape index (κ2) is 5.68. The van der Waals surface area contributed by atoms with Crippen molar-refractivity contribution < 1.29 is 14.3 Å². The zero-order valence-electron chi connectivity index (χ0n) is 9.94. The Morgan fingerprint density at radius 2 is 2.29 bits per heavy atom. The van der Waals surface area contributed by atoms with Gasteiger partial charge in [0.2, 0.25) is 0 Å². The normalized spacial score (nSPS) is 19.0. The van der Waals surface area contributed by atoms with Gasteiger partial charge in [-0.05, 0) is 25.1 Å². The van der Waals surface area contributed by atoms with E-state index in [0.717, 1.165) is 19.5 Å². The summed E-state index contributed by atoms with van der Waals surface area (Å²) < 4.78 is 10.4. The Kier molecular flexibility index (Phi) is 3.98. The van der Waals surface area contributed by atoms with Crippen molar-refractivity contribution in [3.05, 3.63) is 29.8 Å². The lowest BCUT2D eigenvalue weighted by atomic mass is 10.1. The van der Waals surface area contributed by atoms with Gasteiger partial charge in [0.1, 0.15) is 11.3 Å². The molecule has 0 bridgehead atoms. The lowest BCUT2D eigenvalue weighted by Crippen LogP contribution is -2.16. The number of methoxy groups -OCH3 is 1. The van der Waals surface area contributed by atoms with Crippen LogP contribution in [-0.4, -0.2) is 32.8 Å². The first-order chi connectivity index (χ1) is 8.31. The Hall–Kier alpha value is -1.55. The van der Waals surface area contributed by atoms with Crippen molar-refractivity contribution in [2.24, 2.45) is 5.92 Å². The molecule has 1 fully saturated rings. The van der Waals surface area contributed by atoms with Gasteiger partial charge in [-0.3, -0.25) is 0 Å². The number of rotatable bonds is 4. The minimum absolute atomic E-state index is 0.356. The number of nitrogens with one attached hydrogen (secondary N) is 1. The number of hydrogen-bond donors (Lipinski definition) is 1. The molecule has 0 spiro atoms. The Balaban J connectivity index is 2.01. The van der Waals surface area contributed by atoms with Gasteiger partial charge in [0.15, 0.2) is 0 Å². The van der Waals surface area contributed by atoms with Gasteiger partial charge >= 0.3 is 5.97 Å². The highest BCUT2D eigenvalue weighted by Gasteiger charge is 2.17. The van der Waals surface area contributed by atoms with Crippen molar-refractivity contribution in [3.8, 4) is 5.75 Å². The highest BCUT2D eigenvalue weighted by Crippen LogP contribution is 2.20. The van der Waals surface area contributed by atoms with E-state index in [1.165, 1.54) is 7.11 Å². The van der Waals surface area contributed by atoms with E-state index in [9.17, 15) is 4.79 Å². The van der Waals surface area contributed by atoms with Gasteiger partial charge in [-0.2, -0.15) is 0 Å². The van der Waals surface area contributed by atoms with Crippen LogP contribution in [0.5, 0.6) is 5.75 Å². The lowest BCUT2D eigenvalue weighted by molar-refractivity contribution is 0.0595. The van der Waals surface area contributed by atoms with E-state index in [4.69, 9.17) is 9.47 Å². The summed E-state index contributed by atoms with van der Waals surface area (Å²) in [6, 6.07) is 7.17. The molecule has 1 heterocycles. The van der Waals surface area contributed by atoms with Crippen molar-refractivity contribution >= 4 is 5.97 Å². The van der Waals surface area contributed by atoms with Crippen LogP contribution in [0.3, 0.4) is 0 Å². The average molecular weight is 235 g/mol. The predicted octanol–water partition coefficient (Wildman–Crippen LogP) is 1.46. The van der Waals surface area contributed by atoms with Crippen LogP contribution in [0.1, 0.15) is 16.8 Å². The van der Waals surface area contributed by atoms with Crippen molar-refractivity contribution in [1.29, 1.82) is 0 Å². The average Bonchev–Trinajstić information content (AvgIpc) is 2.89. The molecule has 1 saturated heterocycles. The summed E-state index contributed by atoms with van der Waals surface area (Å²) in [6.07, 6.45) is 1.13. The van der Waals surface area contributed by atoms with Crippen molar-refractivity contribution in [2.45, 2.75) is 6.42 Å². The van der Waals surface area contributed by atoms with Crippen LogP contribution in [-0.2, 0) is 4.74 Å². The number of carbonyl (C=O) groups is 1. The minimum Gasteiger partial charge on any atom is -0.492 e. The monoisotopic (exact) mass is 235 g/mol. The summed E-state index contributed by atoms with van der Waals surface area (Å²) in [4.78, 5) is 11.5. The second-order valence-corrected chi connectivity index (χ2v) is 4.16. The maximum atomic E-state index is 11.5. The molecule has 17 heavy (non-hydrogen) atoms. The third kappa shape index (κ3) is 2.97. The number of benzene rings is 1. The van der Waals surface area contributed by atoms with Gasteiger partial charge in [-0.1, -0.05) is 12.1 Å². The molecule has 1 atom stereocenters. The molecule has 92 valence electrons. The molecule has 0 aromatic heterocycles. The van der Waals surface area contributed by atoms with Gasteiger partial charge in [-0.15, -0.1) is 0 Å². The number of para-hydroxylation sites is 1. The third-order valence-electron chi connectivity index (χ3n) is 2.93. The molecule has 1 N–H and O–H groups in total. The van der Waals surface area contributed by atoms with E-state index in [-0.39, 0.29) is 5.97 Å². The van der Waals surface area contributed by atoms with Gasteiger partial charge in [0.25, 0.3) is 0 Å². The van der Waals surface area contributed by atoms with Crippen LogP contribution in [0.15, 0.2) is 24.3 Å². The molecule has 1 aromatic carbocycles. The summed E-state index contributed by atoms with van der Waals surface area (Å²) in [5.41, 5.74) is 0.487. The summed E-state index contributed by atoms with van der Waals surface area (Å²) in [5, 5.41) is 3.29. The molecule has 2 rings (SSSR count). The van der Waals surface area contributed by atoms with Crippen molar-refractivity contribution in [2.75, 3.05) is 26.8 Å². The maximum absolute atomic E-state index is 11.5. The fraction of sp³-hybridized carbons (Fsp3) is 0.462. The molecular formula is C13H17NO3. The molecular weight excluding hydrogens is 218 g/mol. The van der Waals surface area contributed by atoms with Crippen LogP contribution in [0, 0.1) is 5.92 Å². The Labute approximate surface area is 101 Å². The third-order valence-corrected chi connectivity index (χ3v) is 2.93. The molecule has 0 radical (unpaired) electrons. The van der Waals surface area contributed by atoms with E-state index >= 15 is 0 Å². The first kappa shape index (κ1) is 11.9. The second-order valence-electron chi connectivity index (χ2n) is 4.16. The Bertz CT molecular complexity index is 386. The number of ether oxygens (including phenoxy) is 2. The fourth-order valence-corrected chi connectivity index (χ4v) is 1.94. The first-order valence-electron chi connectivity index (χ1n) is 5.82. The SMILES string of the molecule is COC(=O)c1ccccc1OC[C@@H]1CCNC1. The molecule has 4 nitrogen and oxygen atoms in total. The zero-order valence-corrected chi connectivity index (χ0v) is 9.94. The van der Waals surface area contributed by atoms with Crippen LogP contribution in [0.4, 0.5) is 0 Å². The first-order valence-corrected chi connectivity index (χ1v) is 5.82. The lowest BCUT2D eigenvalue weighted by Gasteiger charge is -2.13. The molecule has 1 aliphatic heterocycles. The Morgan fingerprint density at radius 1 is 1.47 bits per heavy atom. The van der Waals surface area contributed by atoms with E-state index in [1.54, 1.807) is 18.2 Å². The smallest absolute Gasteiger partial charge is 0.341 e.